The van der Waals surface area contributed by atoms with E-state index in [2.05, 4.69) is 102 Å². The zero-order chi connectivity index (χ0) is 23.1. The van der Waals surface area contributed by atoms with Crippen molar-refractivity contribution in [3.63, 3.8) is 0 Å². The van der Waals surface area contributed by atoms with E-state index in [1.54, 1.807) is 6.92 Å². The fraction of sp³-hybridized carbons (Fsp3) is 0.241. The number of benzene rings is 3. The van der Waals surface area contributed by atoms with Crippen LogP contribution in [-0.2, 0) is 10.3 Å². The van der Waals surface area contributed by atoms with Crippen molar-refractivity contribution < 1.29 is 4.79 Å². The Morgan fingerprint density at radius 2 is 1.45 bits per heavy atom. The minimum Gasteiger partial charge on any atom is -0.288 e. The molecule has 0 radical (unpaired) electrons. The fourth-order valence-electron chi connectivity index (χ4n) is 4.94. The van der Waals surface area contributed by atoms with Crippen LogP contribution in [0.5, 0.6) is 0 Å². The maximum absolute atomic E-state index is 11.9. The summed E-state index contributed by atoms with van der Waals surface area (Å²) in [6.07, 6.45) is 3.24. The molecule has 4 heteroatoms. The Bertz CT molecular complexity index is 1040. The first-order valence-corrected chi connectivity index (χ1v) is 12.2. The van der Waals surface area contributed by atoms with E-state index in [9.17, 15) is 10.1 Å². The molecule has 1 aliphatic rings. The summed E-state index contributed by atoms with van der Waals surface area (Å²) in [5, 5.41) is 9.48. The van der Waals surface area contributed by atoms with E-state index in [1.165, 1.54) is 28.5 Å². The lowest BCUT2D eigenvalue weighted by Gasteiger charge is -2.49. The number of nitriles is 1. The highest BCUT2D eigenvalue weighted by Crippen LogP contribution is 2.45. The topological polar surface area (TPSA) is 44.1 Å². The van der Waals surface area contributed by atoms with E-state index in [0.29, 0.717) is 13.0 Å². The average Bonchev–Trinajstić information content (AvgIpc) is 2.86. The SMILES string of the molecule is CC(=O)SC1CCN(C(c2ccccc2)(c2ccccc2)c2ccccc2)C/C1=C/CC#N. The molecule has 4 rings (SSSR count). The molecule has 3 aromatic carbocycles. The third kappa shape index (κ3) is 4.80. The molecule has 0 bridgehead atoms. The summed E-state index contributed by atoms with van der Waals surface area (Å²) >= 11 is 1.39. The van der Waals surface area contributed by atoms with Gasteiger partial charge in [0.2, 0.25) is 0 Å². The number of carbonyl (C=O) groups is 1. The summed E-state index contributed by atoms with van der Waals surface area (Å²) in [6, 6.07) is 34.2. The first-order valence-electron chi connectivity index (χ1n) is 11.3. The van der Waals surface area contributed by atoms with Gasteiger partial charge in [0, 0.05) is 25.3 Å². The fourth-order valence-corrected chi connectivity index (χ4v) is 5.89. The predicted molar refractivity (Wildman–Crippen MR) is 136 cm³/mol. The largest absolute Gasteiger partial charge is 0.288 e. The van der Waals surface area contributed by atoms with Gasteiger partial charge in [-0.2, -0.15) is 5.26 Å². The Labute approximate surface area is 200 Å². The summed E-state index contributed by atoms with van der Waals surface area (Å²) in [6.45, 7) is 3.17. The van der Waals surface area contributed by atoms with Gasteiger partial charge in [-0.05, 0) is 28.7 Å². The zero-order valence-corrected chi connectivity index (χ0v) is 19.7. The van der Waals surface area contributed by atoms with Gasteiger partial charge in [-0.25, -0.2) is 0 Å². The third-order valence-electron chi connectivity index (χ3n) is 6.26. The number of piperidine rings is 1. The molecule has 1 aliphatic heterocycles. The number of allylic oxidation sites excluding steroid dienone is 1. The van der Waals surface area contributed by atoms with Crippen molar-refractivity contribution in [2.45, 2.75) is 30.6 Å². The van der Waals surface area contributed by atoms with Gasteiger partial charge in [0.1, 0.15) is 0 Å². The number of rotatable bonds is 6. The standard InChI is InChI=1S/C29H28N2OS/c1-23(32)33-28-19-21-31(22-24(28)12-11-20-30)29(25-13-5-2-6-14-25,26-15-7-3-8-16-26)27-17-9-4-10-18-27/h2-10,12-18,28H,11,19,21-22H2,1H3/b24-12-. The molecule has 0 saturated carbocycles. The summed E-state index contributed by atoms with van der Waals surface area (Å²) in [5.74, 6) is 0. The van der Waals surface area contributed by atoms with Crippen LogP contribution in [-0.4, -0.2) is 28.4 Å². The average molecular weight is 453 g/mol. The van der Waals surface area contributed by atoms with Crippen LogP contribution in [0.4, 0.5) is 0 Å². The molecule has 0 N–H and O–H groups in total. The number of hydrogen-bond donors (Lipinski definition) is 0. The van der Waals surface area contributed by atoms with Crippen LogP contribution in [0.2, 0.25) is 0 Å². The Morgan fingerprint density at radius 3 is 1.88 bits per heavy atom. The van der Waals surface area contributed by atoms with E-state index in [-0.39, 0.29) is 10.4 Å². The van der Waals surface area contributed by atoms with E-state index < -0.39 is 5.54 Å². The van der Waals surface area contributed by atoms with Crippen molar-refractivity contribution in [3.8, 4) is 6.07 Å². The lowest BCUT2D eigenvalue weighted by Crippen LogP contribution is -2.52. The Morgan fingerprint density at radius 1 is 0.970 bits per heavy atom. The van der Waals surface area contributed by atoms with E-state index in [0.717, 1.165) is 18.5 Å². The highest BCUT2D eigenvalue weighted by molar-refractivity contribution is 8.14. The number of carbonyl (C=O) groups excluding carboxylic acids is 1. The van der Waals surface area contributed by atoms with Gasteiger partial charge in [0.05, 0.1) is 18.0 Å². The molecule has 33 heavy (non-hydrogen) atoms. The molecule has 0 aliphatic carbocycles. The molecule has 0 spiro atoms. The van der Waals surface area contributed by atoms with E-state index in [4.69, 9.17) is 0 Å². The van der Waals surface area contributed by atoms with Gasteiger partial charge in [0.25, 0.3) is 0 Å². The van der Waals surface area contributed by atoms with Crippen LogP contribution in [0.15, 0.2) is 103 Å². The summed E-state index contributed by atoms with van der Waals surface area (Å²) in [4.78, 5) is 14.5. The van der Waals surface area contributed by atoms with Crippen molar-refractivity contribution >= 4 is 16.9 Å². The Balaban J connectivity index is 1.90. The second-order valence-corrected chi connectivity index (χ2v) is 9.64. The lowest BCUT2D eigenvalue weighted by molar-refractivity contribution is -0.109. The molecule has 1 atom stereocenters. The molecule has 3 aromatic rings. The van der Waals surface area contributed by atoms with Gasteiger partial charge in [-0.15, -0.1) is 0 Å². The van der Waals surface area contributed by atoms with Crippen LogP contribution in [0.1, 0.15) is 36.5 Å². The van der Waals surface area contributed by atoms with E-state index in [1.807, 2.05) is 6.08 Å². The van der Waals surface area contributed by atoms with Crippen molar-refractivity contribution in [1.29, 1.82) is 5.26 Å². The summed E-state index contributed by atoms with van der Waals surface area (Å²) in [7, 11) is 0. The van der Waals surface area contributed by atoms with Crippen LogP contribution in [0.3, 0.4) is 0 Å². The first-order chi connectivity index (χ1) is 16.2. The Kier molecular flexibility index (Phi) is 7.44. The molecule has 1 fully saturated rings. The maximum atomic E-state index is 11.9. The summed E-state index contributed by atoms with van der Waals surface area (Å²) in [5.41, 5.74) is 4.30. The smallest absolute Gasteiger partial charge is 0.186 e. The second kappa shape index (κ2) is 10.7. The molecule has 166 valence electrons. The van der Waals surface area contributed by atoms with Crippen molar-refractivity contribution in [1.82, 2.24) is 4.90 Å². The van der Waals surface area contributed by atoms with Crippen LogP contribution < -0.4 is 0 Å². The van der Waals surface area contributed by atoms with Crippen LogP contribution in [0, 0.1) is 11.3 Å². The van der Waals surface area contributed by atoms with Crippen molar-refractivity contribution in [2.24, 2.45) is 0 Å². The Hall–Kier alpha value is -3.13. The minimum atomic E-state index is -0.485. The number of thioether (sulfide) groups is 1. The quantitative estimate of drug-likeness (QED) is 0.331. The van der Waals surface area contributed by atoms with Gasteiger partial charge < -0.3 is 0 Å². The molecule has 0 amide bonds. The lowest BCUT2D eigenvalue weighted by atomic mass is 9.74. The molecular formula is C29H28N2OS. The molecule has 1 saturated heterocycles. The highest BCUT2D eigenvalue weighted by atomic mass is 32.2. The second-order valence-electron chi connectivity index (χ2n) is 8.26. The van der Waals surface area contributed by atoms with Crippen LogP contribution in [0.25, 0.3) is 0 Å². The molecule has 0 aromatic heterocycles. The van der Waals surface area contributed by atoms with Crippen LogP contribution >= 0.6 is 11.8 Å². The normalized spacial score (nSPS) is 18.1. The van der Waals surface area contributed by atoms with Crippen molar-refractivity contribution in [3.05, 3.63) is 119 Å². The number of nitrogens with zero attached hydrogens (tertiary/aromatic N) is 2. The number of likely N-dealkylation sites (tertiary alicyclic amines) is 1. The zero-order valence-electron chi connectivity index (χ0n) is 18.9. The monoisotopic (exact) mass is 452 g/mol. The van der Waals surface area contributed by atoms with Gasteiger partial charge in [-0.3, -0.25) is 9.69 Å². The highest BCUT2D eigenvalue weighted by Gasteiger charge is 2.44. The van der Waals surface area contributed by atoms with Gasteiger partial charge >= 0.3 is 0 Å². The predicted octanol–water partition coefficient (Wildman–Crippen LogP) is 6.17. The molecule has 1 unspecified atom stereocenters. The summed E-state index contributed by atoms with van der Waals surface area (Å²) < 4.78 is 0. The maximum Gasteiger partial charge on any atom is 0.186 e. The molecule has 3 nitrogen and oxygen atoms in total. The number of hydrogen-bond acceptors (Lipinski definition) is 4. The molecule has 1 heterocycles. The van der Waals surface area contributed by atoms with Gasteiger partial charge in [0.15, 0.2) is 5.12 Å². The van der Waals surface area contributed by atoms with Gasteiger partial charge in [-0.1, -0.05) is 109 Å². The first kappa shape index (κ1) is 23.0. The van der Waals surface area contributed by atoms with Crippen molar-refractivity contribution in [2.75, 3.05) is 13.1 Å². The van der Waals surface area contributed by atoms with E-state index >= 15 is 0 Å². The minimum absolute atomic E-state index is 0.118. The molecular weight excluding hydrogens is 424 g/mol. The third-order valence-corrected chi connectivity index (χ3v) is 7.42.